The van der Waals surface area contributed by atoms with Crippen molar-refractivity contribution in [2.75, 3.05) is 19.6 Å². The van der Waals surface area contributed by atoms with Gasteiger partial charge >= 0.3 is 0 Å². The Morgan fingerprint density at radius 2 is 2.31 bits per heavy atom. The molecule has 4 nitrogen and oxygen atoms in total. The number of hydroxylamine groups is 1. The molecule has 4 heteroatoms. The quantitative estimate of drug-likeness (QED) is 0.726. The lowest BCUT2D eigenvalue weighted by Crippen LogP contribution is -2.43. The number of carbonyl (C=O) groups is 1. The summed E-state index contributed by atoms with van der Waals surface area (Å²) in [5, 5.41) is 0. The van der Waals surface area contributed by atoms with Crippen molar-refractivity contribution in [3.63, 3.8) is 0 Å². The monoisotopic (exact) mass is 228 g/mol. The number of rotatable bonds is 5. The van der Waals surface area contributed by atoms with E-state index in [1.165, 1.54) is 0 Å². The first kappa shape index (κ1) is 13.5. The van der Waals surface area contributed by atoms with Gasteiger partial charge in [0.15, 0.2) is 0 Å². The second-order valence-electron chi connectivity index (χ2n) is 4.77. The van der Waals surface area contributed by atoms with Gasteiger partial charge in [-0.25, -0.2) is 5.48 Å². The Balaban J connectivity index is 2.32. The Bertz CT molecular complexity index is 217. The molecule has 1 atom stereocenters. The molecule has 0 aromatic rings. The van der Waals surface area contributed by atoms with Crippen LogP contribution >= 0.6 is 0 Å². The number of piperidine rings is 1. The van der Waals surface area contributed by atoms with Crippen LogP contribution in [0.2, 0.25) is 0 Å². The van der Waals surface area contributed by atoms with Crippen LogP contribution < -0.4 is 5.48 Å². The average Bonchev–Trinajstić information content (AvgIpc) is 2.26. The highest BCUT2D eigenvalue weighted by Gasteiger charge is 2.25. The number of amides is 1. The van der Waals surface area contributed by atoms with Gasteiger partial charge in [0.1, 0.15) is 0 Å². The van der Waals surface area contributed by atoms with Crippen LogP contribution in [0.15, 0.2) is 0 Å². The van der Waals surface area contributed by atoms with Crippen LogP contribution in [0.25, 0.3) is 0 Å². The number of carbonyl (C=O) groups excluding carboxylic acids is 1. The molecule has 0 bridgehead atoms. The van der Waals surface area contributed by atoms with Crippen LogP contribution in [0.4, 0.5) is 0 Å². The van der Waals surface area contributed by atoms with E-state index in [9.17, 15) is 4.79 Å². The summed E-state index contributed by atoms with van der Waals surface area (Å²) in [5.74, 6) is 0.133. The average molecular weight is 228 g/mol. The molecular weight excluding hydrogens is 204 g/mol. The van der Waals surface area contributed by atoms with Gasteiger partial charge in [0, 0.05) is 6.54 Å². The van der Waals surface area contributed by atoms with Crippen molar-refractivity contribution < 1.29 is 9.63 Å². The Kier molecular flexibility index (Phi) is 5.77. The highest BCUT2D eigenvalue weighted by molar-refractivity contribution is 5.77. The van der Waals surface area contributed by atoms with Gasteiger partial charge in [-0.1, -0.05) is 6.92 Å². The third-order valence-corrected chi connectivity index (χ3v) is 2.81. The normalized spacial score (nSPS) is 22.4. The van der Waals surface area contributed by atoms with E-state index in [2.05, 4.69) is 17.3 Å². The summed E-state index contributed by atoms with van der Waals surface area (Å²) in [6.45, 7) is 9.08. The van der Waals surface area contributed by atoms with Crippen LogP contribution in [0, 0.1) is 5.92 Å². The summed E-state index contributed by atoms with van der Waals surface area (Å²) in [6, 6.07) is 0. The van der Waals surface area contributed by atoms with Crippen molar-refractivity contribution in [2.24, 2.45) is 5.92 Å². The smallest absolute Gasteiger partial charge is 0.247 e. The summed E-state index contributed by atoms with van der Waals surface area (Å²) in [4.78, 5) is 19.3. The van der Waals surface area contributed by atoms with Gasteiger partial charge in [-0.2, -0.15) is 0 Å². The zero-order chi connectivity index (χ0) is 12.0. The first-order chi connectivity index (χ1) is 7.63. The maximum Gasteiger partial charge on any atom is 0.247 e. The molecule has 1 N–H and O–H groups in total. The third kappa shape index (κ3) is 4.49. The van der Waals surface area contributed by atoms with Gasteiger partial charge < -0.3 is 4.90 Å². The summed E-state index contributed by atoms with van der Waals surface area (Å²) in [7, 11) is 0. The second kappa shape index (κ2) is 6.86. The molecule has 0 aromatic heterocycles. The SMILES string of the molecule is CCCN1CCCC(C(=O)NOC(C)C)C1. The Morgan fingerprint density at radius 1 is 1.56 bits per heavy atom. The minimum absolute atomic E-state index is 0.0366. The van der Waals surface area contributed by atoms with Gasteiger partial charge in [0.25, 0.3) is 0 Å². The predicted molar refractivity (Wildman–Crippen MR) is 63.8 cm³/mol. The van der Waals surface area contributed by atoms with Crippen molar-refractivity contribution in [1.29, 1.82) is 0 Å². The standard InChI is InChI=1S/C12H24N2O2/c1-4-7-14-8-5-6-11(9-14)12(15)13-16-10(2)3/h10-11H,4-9H2,1-3H3,(H,13,15). The molecular formula is C12H24N2O2. The molecule has 1 fully saturated rings. The molecule has 1 aliphatic rings. The van der Waals surface area contributed by atoms with E-state index >= 15 is 0 Å². The Hall–Kier alpha value is -0.610. The summed E-state index contributed by atoms with van der Waals surface area (Å²) in [5.41, 5.74) is 2.55. The summed E-state index contributed by atoms with van der Waals surface area (Å²) >= 11 is 0. The highest BCUT2D eigenvalue weighted by atomic mass is 16.7. The Morgan fingerprint density at radius 3 is 2.94 bits per heavy atom. The van der Waals surface area contributed by atoms with Crippen LogP contribution in [-0.4, -0.2) is 36.5 Å². The number of nitrogens with zero attached hydrogens (tertiary/aromatic N) is 1. The number of hydrogen-bond donors (Lipinski definition) is 1. The van der Waals surface area contributed by atoms with Gasteiger partial charge in [-0.3, -0.25) is 9.63 Å². The van der Waals surface area contributed by atoms with Crippen LogP contribution in [0.5, 0.6) is 0 Å². The predicted octanol–water partition coefficient (Wildman–Crippen LogP) is 1.56. The van der Waals surface area contributed by atoms with Crippen LogP contribution in [0.3, 0.4) is 0 Å². The van der Waals surface area contributed by atoms with E-state index < -0.39 is 0 Å². The topological polar surface area (TPSA) is 41.6 Å². The molecule has 0 saturated carbocycles. The molecule has 1 aliphatic heterocycles. The van der Waals surface area contributed by atoms with Crippen molar-refractivity contribution in [3.05, 3.63) is 0 Å². The van der Waals surface area contributed by atoms with E-state index in [4.69, 9.17) is 4.84 Å². The lowest BCUT2D eigenvalue weighted by Gasteiger charge is -2.31. The minimum atomic E-state index is 0.0366. The maximum absolute atomic E-state index is 11.8. The lowest BCUT2D eigenvalue weighted by molar-refractivity contribution is -0.142. The van der Waals surface area contributed by atoms with Crippen LogP contribution in [0.1, 0.15) is 40.0 Å². The molecule has 0 spiro atoms. The number of nitrogens with one attached hydrogen (secondary N) is 1. The van der Waals surface area contributed by atoms with E-state index in [-0.39, 0.29) is 17.9 Å². The van der Waals surface area contributed by atoms with Gasteiger partial charge in [0.2, 0.25) is 5.91 Å². The lowest BCUT2D eigenvalue weighted by atomic mass is 9.97. The molecule has 0 aliphatic carbocycles. The van der Waals surface area contributed by atoms with Crippen molar-refractivity contribution in [1.82, 2.24) is 10.4 Å². The summed E-state index contributed by atoms with van der Waals surface area (Å²) < 4.78 is 0. The molecule has 1 amide bonds. The zero-order valence-electron chi connectivity index (χ0n) is 10.7. The molecule has 16 heavy (non-hydrogen) atoms. The maximum atomic E-state index is 11.8. The first-order valence-corrected chi connectivity index (χ1v) is 6.31. The highest BCUT2D eigenvalue weighted by Crippen LogP contribution is 2.16. The van der Waals surface area contributed by atoms with Gasteiger partial charge in [-0.05, 0) is 46.2 Å². The van der Waals surface area contributed by atoms with Gasteiger partial charge in [-0.15, -0.1) is 0 Å². The summed E-state index contributed by atoms with van der Waals surface area (Å²) in [6.07, 6.45) is 3.28. The molecule has 1 unspecified atom stereocenters. The molecule has 1 heterocycles. The van der Waals surface area contributed by atoms with Crippen molar-refractivity contribution >= 4 is 5.91 Å². The third-order valence-electron chi connectivity index (χ3n) is 2.81. The molecule has 0 aromatic carbocycles. The minimum Gasteiger partial charge on any atom is -0.303 e. The zero-order valence-corrected chi connectivity index (χ0v) is 10.7. The number of hydrogen-bond acceptors (Lipinski definition) is 3. The fraction of sp³-hybridized carbons (Fsp3) is 0.917. The van der Waals surface area contributed by atoms with Crippen LogP contribution in [-0.2, 0) is 9.63 Å². The van der Waals surface area contributed by atoms with E-state index in [1.54, 1.807) is 0 Å². The fourth-order valence-corrected chi connectivity index (χ4v) is 2.05. The molecule has 94 valence electrons. The Labute approximate surface area is 98.3 Å². The first-order valence-electron chi connectivity index (χ1n) is 6.31. The molecule has 1 rings (SSSR count). The fourth-order valence-electron chi connectivity index (χ4n) is 2.05. The van der Waals surface area contributed by atoms with Gasteiger partial charge in [0.05, 0.1) is 12.0 Å². The molecule has 0 radical (unpaired) electrons. The second-order valence-corrected chi connectivity index (χ2v) is 4.77. The van der Waals surface area contributed by atoms with E-state index in [1.807, 2.05) is 13.8 Å². The molecule has 1 saturated heterocycles. The largest absolute Gasteiger partial charge is 0.303 e. The number of likely N-dealkylation sites (tertiary alicyclic amines) is 1. The van der Waals surface area contributed by atoms with Crippen molar-refractivity contribution in [2.45, 2.75) is 46.1 Å². The van der Waals surface area contributed by atoms with Crippen molar-refractivity contribution in [3.8, 4) is 0 Å². The van der Waals surface area contributed by atoms with E-state index in [0.29, 0.717) is 0 Å². The van der Waals surface area contributed by atoms with E-state index in [0.717, 1.165) is 38.9 Å².